The summed E-state index contributed by atoms with van der Waals surface area (Å²) in [4.78, 5) is 4.66. The van der Waals surface area contributed by atoms with E-state index in [2.05, 4.69) is 32.6 Å². The number of aromatic nitrogens is 5. The number of rotatable bonds is 6. The van der Waals surface area contributed by atoms with Crippen molar-refractivity contribution in [3.8, 4) is 17.0 Å². The number of fused-ring (bicyclic) bond motifs is 1. The number of pyridine rings is 1. The average Bonchev–Trinajstić information content (AvgIpc) is 3.30. The van der Waals surface area contributed by atoms with Crippen molar-refractivity contribution in [2.75, 3.05) is 19.5 Å². The SMILES string of the molecule is COc1cc(Nc2cc(-c3cccc([C@H](C)OC)c3)nn2C)nc2c1cnn2C. The van der Waals surface area contributed by atoms with Gasteiger partial charge < -0.3 is 14.8 Å². The predicted octanol–water partition coefficient (Wildman–Crippen LogP) is 3.83. The highest BCUT2D eigenvalue weighted by Crippen LogP contribution is 2.30. The predicted molar refractivity (Wildman–Crippen MR) is 112 cm³/mol. The minimum absolute atomic E-state index is 0.0264. The lowest BCUT2D eigenvalue weighted by molar-refractivity contribution is 0.119. The molecule has 4 aromatic rings. The second kappa shape index (κ2) is 7.56. The van der Waals surface area contributed by atoms with E-state index in [1.165, 1.54) is 0 Å². The van der Waals surface area contributed by atoms with Gasteiger partial charge in [0.1, 0.15) is 17.4 Å². The largest absolute Gasteiger partial charge is 0.496 e. The zero-order chi connectivity index (χ0) is 20.5. The summed E-state index contributed by atoms with van der Waals surface area (Å²) in [6, 6.07) is 12.1. The van der Waals surface area contributed by atoms with Crippen molar-refractivity contribution in [3.05, 3.63) is 48.2 Å². The fourth-order valence-corrected chi connectivity index (χ4v) is 3.26. The van der Waals surface area contributed by atoms with E-state index in [-0.39, 0.29) is 6.10 Å². The van der Waals surface area contributed by atoms with Gasteiger partial charge in [-0.1, -0.05) is 18.2 Å². The van der Waals surface area contributed by atoms with Gasteiger partial charge in [-0.2, -0.15) is 10.2 Å². The molecule has 0 saturated heterocycles. The molecule has 0 aliphatic carbocycles. The zero-order valence-corrected chi connectivity index (χ0v) is 17.2. The van der Waals surface area contributed by atoms with Gasteiger partial charge in [-0.15, -0.1) is 0 Å². The lowest BCUT2D eigenvalue weighted by atomic mass is 10.1. The van der Waals surface area contributed by atoms with Crippen LogP contribution in [0.2, 0.25) is 0 Å². The van der Waals surface area contributed by atoms with Crippen molar-refractivity contribution < 1.29 is 9.47 Å². The summed E-state index contributed by atoms with van der Waals surface area (Å²) in [5, 5.41) is 13.1. The van der Waals surface area contributed by atoms with Crippen molar-refractivity contribution in [1.82, 2.24) is 24.5 Å². The van der Waals surface area contributed by atoms with Crippen LogP contribution in [0.15, 0.2) is 42.6 Å². The van der Waals surface area contributed by atoms with Crippen LogP contribution < -0.4 is 10.1 Å². The maximum absolute atomic E-state index is 5.50. The van der Waals surface area contributed by atoms with Gasteiger partial charge in [0.25, 0.3) is 0 Å². The molecule has 4 rings (SSSR count). The molecule has 0 unspecified atom stereocenters. The molecule has 8 nitrogen and oxygen atoms in total. The van der Waals surface area contributed by atoms with Gasteiger partial charge in [0.05, 0.1) is 30.5 Å². The molecule has 0 fully saturated rings. The summed E-state index contributed by atoms with van der Waals surface area (Å²) < 4.78 is 14.4. The Morgan fingerprint density at radius 1 is 1.07 bits per heavy atom. The molecule has 0 spiro atoms. The van der Waals surface area contributed by atoms with Crippen molar-refractivity contribution in [3.63, 3.8) is 0 Å². The van der Waals surface area contributed by atoms with Crippen LogP contribution in [0.1, 0.15) is 18.6 Å². The molecule has 29 heavy (non-hydrogen) atoms. The highest BCUT2D eigenvalue weighted by atomic mass is 16.5. The molecule has 3 heterocycles. The Morgan fingerprint density at radius 2 is 1.90 bits per heavy atom. The first-order chi connectivity index (χ1) is 14.0. The molecule has 0 amide bonds. The second-order valence-electron chi connectivity index (χ2n) is 6.88. The third-order valence-electron chi connectivity index (χ3n) is 5.03. The molecule has 3 aromatic heterocycles. The number of anilines is 2. The number of ether oxygens (including phenoxy) is 2. The second-order valence-corrected chi connectivity index (χ2v) is 6.88. The third-order valence-corrected chi connectivity index (χ3v) is 5.03. The molecule has 0 radical (unpaired) electrons. The van der Waals surface area contributed by atoms with Crippen LogP contribution in [0.25, 0.3) is 22.3 Å². The van der Waals surface area contributed by atoms with Crippen LogP contribution in [-0.2, 0) is 18.8 Å². The molecular weight excluding hydrogens is 368 g/mol. The zero-order valence-electron chi connectivity index (χ0n) is 17.2. The van der Waals surface area contributed by atoms with Crippen molar-refractivity contribution in [1.29, 1.82) is 0 Å². The Bertz CT molecular complexity index is 1160. The van der Waals surface area contributed by atoms with Crippen LogP contribution in [-0.4, -0.2) is 38.8 Å². The molecule has 8 heteroatoms. The van der Waals surface area contributed by atoms with Crippen LogP contribution in [0, 0.1) is 0 Å². The van der Waals surface area contributed by atoms with Gasteiger partial charge in [0.15, 0.2) is 5.65 Å². The number of aryl methyl sites for hydroxylation is 2. The first-order valence-electron chi connectivity index (χ1n) is 9.31. The van der Waals surface area contributed by atoms with Gasteiger partial charge in [-0.3, -0.25) is 9.36 Å². The van der Waals surface area contributed by atoms with E-state index < -0.39 is 0 Å². The fraction of sp³-hybridized carbons (Fsp3) is 0.286. The minimum Gasteiger partial charge on any atom is -0.496 e. The summed E-state index contributed by atoms with van der Waals surface area (Å²) in [6.07, 6.45) is 1.78. The van der Waals surface area contributed by atoms with Gasteiger partial charge >= 0.3 is 0 Å². The molecule has 1 N–H and O–H groups in total. The normalized spacial score (nSPS) is 12.3. The van der Waals surface area contributed by atoms with Crippen molar-refractivity contribution >= 4 is 22.7 Å². The monoisotopic (exact) mass is 392 g/mol. The molecule has 1 aromatic carbocycles. The van der Waals surface area contributed by atoms with E-state index in [4.69, 9.17) is 9.47 Å². The molecule has 1 atom stereocenters. The highest BCUT2D eigenvalue weighted by molar-refractivity contribution is 5.84. The number of benzene rings is 1. The van der Waals surface area contributed by atoms with Gasteiger partial charge in [0.2, 0.25) is 0 Å². The van der Waals surface area contributed by atoms with E-state index in [1.54, 1.807) is 29.8 Å². The smallest absolute Gasteiger partial charge is 0.163 e. The quantitative estimate of drug-likeness (QED) is 0.537. The Labute approximate surface area is 169 Å². The lowest BCUT2D eigenvalue weighted by Gasteiger charge is -2.10. The summed E-state index contributed by atoms with van der Waals surface area (Å²) in [6.45, 7) is 2.03. The van der Waals surface area contributed by atoms with Gasteiger partial charge in [0, 0.05) is 38.9 Å². The Morgan fingerprint density at radius 3 is 2.66 bits per heavy atom. The summed E-state index contributed by atoms with van der Waals surface area (Å²) >= 11 is 0. The summed E-state index contributed by atoms with van der Waals surface area (Å²) in [5.74, 6) is 2.20. The molecule has 0 bridgehead atoms. The topological polar surface area (TPSA) is 79.0 Å². The summed E-state index contributed by atoms with van der Waals surface area (Å²) in [7, 11) is 7.10. The van der Waals surface area contributed by atoms with E-state index in [1.807, 2.05) is 45.3 Å². The number of hydrogen-bond acceptors (Lipinski definition) is 6. The first-order valence-corrected chi connectivity index (χ1v) is 9.31. The van der Waals surface area contributed by atoms with E-state index >= 15 is 0 Å². The average molecular weight is 392 g/mol. The Kier molecular flexibility index (Phi) is 4.94. The number of hydrogen-bond donors (Lipinski definition) is 1. The molecule has 0 saturated carbocycles. The van der Waals surface area contributed by atoms with Crippen molar-refractivity contribution in [2.45, 2.75) is 13.0 Å². The maximum atomic E-state index is 5.50. The first kappa shape index (κ1) is 18.9. The van der Waals surface area contributed by atoms with E-state index in [0.29, 0.717) is 11.6 Å². The van der Waals surface area contributed by atoms with Gasteiger partial charge in [-0.25, -0.2) is 4.98 Å². The number of methoxy groups -OCH3 is 2. The molecule has 0 aliphatic heterocycles. The Balaban J connectivity index is 1.67. The minimum atomic E-state index is 0.0264. The van der Waals surface area contributed by atoms with Crippen LogP contribution in [0.3, 0.4) is 0 Å². The molecule has 0 aliphatic rings. The van der Waals surface area contributed by atoms with E-state index in [0.717, 1.165) is 33.7 Å². The lowest BCUT2D eigenvalue weighted by Crippen LogP contribution is -2.02. The molecular formula is C21H24N6O2. The maximum Gasteiger partial charge on any atom is 0.163 e. The highest BCUT2D eigenvalue weighted by Gasteiger charge is 2.14. The van der Waals surface area contributed by atoms with Crippen LogP contribution >= 0.6 is 0 Å². The van der Waals surface area contributed by atoms with Crippen LogP contribution in [0.4, 0.5) is 11.6 Å². The van der Waals surface area contributed by atoms with E-state index in [9.17, 15) is 0 Å². The standard InChI is InChI=1S/C21H24N6O2/c1-13(28-4)14-7-6-8-15(9-14)17-10-20(26(2)25-17)23-19-11-18(29-5)16-12-22-27(3)21(16)24-19/h6-13H,1-5H3,(H,23,24)/t13-/m0/s1. The van der Waals surface area contributed by atoms with Crippen molar-refractivity contribution in [2.24, 2.45) is 14.1 Å². The number of nitrogens with zero attached hydrogens (tertiary/aromatic N) is 5. The van der Waals surface area contributed by atoms with Crippen LogP contribution in [0.5, 0.6) is 5.75 Å². The molecule has 150 valence electrons. The summed E-state index contributed by atoms with van der Waals surface area (Å²) in [5.41, 5.74) is 3.75. The third kappa shape index (κ3) is 3.54. The Hall–Kier alpha value is -3.39. The number of nitrogens with one attached hydrogen (secondary N) is 1. The van der Waals surface area contributed by atoms with Gasteiger partial charge in [-0.05, 0) is 18.6 Å². The fourth-order valence-electron chi connectivity index (χ4n) is 3.26.